The molecule has 0 saturated heterocycles. The van der Waals surface area contributed by atoms with Gasteiger partial charge in [-0.15, -0.1) is 0 Å². The number of nitrogens with one attached hydrogen (secondary N) is 1. The third kappa shape index (κ3) is 3.12. The van der Waals surface area contributed by atoms with Crippen molar-refractivity contribution in [3.05, 3.63) is 18.2 Å². The van der Waals surface area contributed by atoms with Crippen LogP contribution in [0.15, 0.2) is 12.4 Å². The van der Waals surface area contributed by atoms with Crippen LogP contribution in [0.25, 0.3) is 0 Å². The molecule has 1 aromatic heterocycles. The normalized spacial score (nSPS) is 15.4. The van der Waals surface area contributed by atoms with Crippen molar-refractivity contribution in [1.82, 2.24) is 14.9 Å². The van der Waals surface area contributed by atoms with Crippen LogP contribution in [0.2, 0.25) is 0 Å². The minimum absolute atomic E-state index is 0.594. The van der Waals surface area contributed by atoms with E-state index < -0.39 is 5.60 Å². The summed E-state index contributed by atoms with van der Waals surface area (Å²) in [4.78, 5) is 4.18. The number of aromatic nitrogens is 2. The highest BCUT2D eigenvalue weighted by atomic mass is 16.3. The highest BCUT2D eigenvalue weighted by Crippen LogP contribution is 2.06. The summed E-state index contributed by atoms with van der Waals surface area (Å²) < 4.78 is 1.97. The Hall–Kier alpha value is -0.870. The van der Waals surface area contributed by atoms with Gasteiger partial charge in [0.05, 0.1) is 12.1 Å². The number of hydrogen-bond acceptors (Lipinski definition) is 3. The van der Waals surface area contributed by atoms with Crippen molar-refractivity contribution in [2.45, 2.75) is 32.4 Å². The van der Waals surface area contributed by atoms with Gasteiger partial charge in [-0.3, -0.25) is 0 Å². The standard InChI is InChI=1S/C10H19N3O/c1-4-10(2,14)8-11-7-9-12-5-6-13(9)3/h5-6,11,14H,4,7-8H2,1-3H3. The number of nitrogens with zero attached hydrogens (tertiary/aromatic N) is 2. The van der Waals surface area contributed by atoms with E-state index >= 15 is 0 Å². The molecule has 1 unspecified atom stereocenters. The van der Waals surface area contributed by atoms with E-state index in [0.29, 0.717) is 13.1 Å². The molecule has 1 heterocycles. The number of hydrogen-bond donors (Lipinski definition) is 2. The summed E-state index contributed by atoms with van der Waals surface area (Å²) in [6, 6.07) is 0. The van der Waals surface area contributed by atoms with E-state index in [0.717, 1.165) is 12.2 Å². The summed E-state index contributed by atoms with van der Waals surface area (Å²) >= 11 is 0. The summed E-state index contributed by atoms with van der Waals surface area (Å²) in [5, 5.41) is 12.9. The maximum absolute atomic E-state index is 9.73. The second kappa shape index (κ2) is 4.57. The Bertz CT molecular complexity index is 281. The van der Waals surface area contributed by atoms with E-state index in [2.05, 4.69) is 10.3 Å². The van der Waals surface area contributed by atoms with Crippen molar-refractivity contribution in [3.63, 3.8) is 0 Å². The van der Waals surface area contributed by atoms with Crippen LogP contribution in [0.1, 0.15) is 26.1 Å². The summed E-state index contributed by atoms with van der Waals surface area (Å²) in [5.74, 6) is 0.983. The zero-order chi connectivity index (χ0) is 10.6. The Kier molecular flexibility index (Phi) is 3.66. The van der Waals surface area contributed by atoms with Gasteiger partial charge in [-0.25, -0.2) is 4.98 Å². The average Bonchev–Trinajstić information content (AvgIpc) is 2.52. The van der Waals surface area contributed by atoms with Gasteiger partial charge in [0, 0.05) is 26.0 Å². The van der Waals surface area contributed by atoms with E-state index in [1.807, 2.05) is 31.7 Å². The molecule has 0 aliphatic rings. The number of rotatable bonds is 5. The highest BCUT2D eigenvalue weighted by Gasteiger charge is 2.16. The molecule has 4 heteroatoms. The van der Waals surface area contributed by atoms with Gasteiger partial charge in [0.15, 0.2) is 0 Å². The van der Waals surface area contributed by atoms with E-state index in [9.17, 15) is 5.11 Å². The van der Waals surface area contributed by atoms with Crippen molar-refractivity contribution in [3.8, 4) is 0 Å². The van der Waals surface area contributed by atoms with Crippen molar-refractivity contribution in [2.24, 2.45) is 7.05 Å². The lowest BCUT2D eigenvalue weighted by Crippen LogP contribution is -2.37. The SMILES string of the molecule is CCC(C)(O)CNCc1nccn1C. The van der Waals surface area contributed by atoms with Gasteiger partial charge in [-0.05, 0) is 13.3 Å². The minimum Gasteiger partial charge on any atom is -0.389 e. The molecular formula is C10H19N3O. The molecular weight excluding hydrogens is 178 g/mol. The maximum Gasteiger partial charge on any atom is 0.122 e. The Morgan fingerprint density at radius 1 is 1.64 bits per heavy atom. The van der Waals surface area contributed by atoms with Crippen LogP contribution in [0, 0.1) is 0 Å². The van der Waals surface area contributed by atoms with Gasteiger partial charge >= 0.3 is 0 Å². The largest absolute Gasteiger partial charge is 0.389 e. The lowest BCUT2D eigenvalue weighted by atomic mass is 10.0. The maximum atomic E-state index is 9.73. The molecule has 0 spiro atoms. The first-order chi connectivity index (χ1) is 6.55. The second-order valence-electron chi connectivity index (χ2n) is 3.91. The lowest BCUT2D eigenvalue weighted by molar-refractivity contribution is 0.0553. The number of aryl methyl sites for hydroxylation is 1. The number of imidazole rings is 1. The quantitative estimate of drug-likeness (QED) is 0.729. The number of aliphatic hydroxyl groups is 1. The van der Waals surface area contributed by atoms with Crippen LogP contribution in [0.3, 0.4) is 0 Å². The van der Waals surface area contributed by atoms with Crippen molar-refractivity contribution < 1.29 is 5.11 Å². The zero-order valence-electron chi connectivity index (χ0n) is 9.12. The van der Waals surface area contributed by atoms with Crippen LogP contribution in [-0.4, -0.2) is 26.8 Å². The van der Waals surface area contributed by atoms with Crippen molar-refractivity contribution in [1.29, 1.82) is 0 Å². The van der Waals surface area contributed by atoms with Crippen LogP contribution in [-0.2, 0) is 13.6 Å². The molecule has 1 atom stereocenters. The Balaban J connectivity index is 2.32. The lowest BCUT2D eigenvalue weighted by Gasteiger charge is -2.21. The van der Waals surface area contributed by atoms with Gasteiger partial charge in [-0.2, -0.15) is 0 Å². The highest BCUT2D eigenvalue weighted by molar-refractivity contribution is 4.90. The molecule has 0 aliphatic heterocycles. The molecule has 0 bridgehead atoms. The van der Waals surface area contributed by atoms with E-state index in [4.69, 9.17) is 0 Å². The molecule has 2 N–H and O–H groups in total. The van der Waals surface area contributed by atoms with Crippen molar-refractivity contribution >= 4 is 0 Å². The molecule has 0 radical (unpaired) electrons. The van der Waals surface area contributed by atoms with Crippen LogP contribution in [0.4, 0.5) is 0 Å². The topological polar surface area (TPSA) is 50.1 Å². The fourth-order valence-electron chi connectivity index (χ4n) is 1.14. The van der Waals surface area contributed by atoms with Gasteiger partial charge in [0.2, 0.25) is 0 Å². The third-order valence-corrected chi connectivity index (χ3v) is 2.47. The second-order valence-corrected chi connectivity index (χ2v) is 3.91. The first-order valence-corrected chi connectivity index (χ1v) is 4.94. The summed E-state index contributed by atoms with van der Waals surface area (Å²) in [5.41, 5.74) is -0.620. The van der Waals surface area contributed by atoms with Gasteiger partial charge in [-0.1, -0.05) is 6.92 Å². The molecule has 0 aromatic carbocycles. The minimum atomic E-state index is -0.620. The van der Waals surface area contributed by atoms with Crippen LogP contribution < -0.4 is 5.32 Å². The van der Waals surface area contributed by atoms with E-state index in [1.54, 1.807) is 6.20 Å². The monoisotopic (exact) mass is 197 g/mol. The average molecular weight is 197 g/mol. The summed E-state index contributed by atoms with van der Waals surface area (Å²) in [7, 11) is 1.96. The van der Waals surface area contributed by atoms with E-state index in [1.165, 1.54) is 0 Å². The molecule has 80 valence electrons. The van der Waals surface area contributed by atoms with Gasteiger partial charge in [0.25, 0.3) is 0 Å². The van der Waals surface area contributed by atoms with E-state index in [-0.39, 0.29) is 0 Å². The molecule has 0 fully saturated rings. The van der Waals surface area contributed by atoms with Crippen molar-refractivity contribution in [2.75, 3.05) is 6.54 Å². The fraction of sp³-hybridized carbons (Fsp3) is 0.700. The smallest absolute Gasteiger partial charge is 0.122 e. The predicted octanol–water partition coefficient (Wildman–Crippen LogP) is 0.671. The third-order valence-electron chi connectivity index (χ3n) is 2.47. The molecule has 4 nitrogen and oxygen atoms in total. The summed E-state index contributed by atoms with van der Waals surface area (Å²) in [6.45, 7) is 5.09. The molecule has 0 aliphatic carbocycles. The van der Waals surface area contributed by atoms with Crippen LogP contribution in [0.5, 0.6) is 0 Å². The molecule has 1 aromatic rings. The Morgan fingerprint density at radius 3 is 2.86 bits per heavy atom. The molecule has 0 saturated carbocycles. The van der Waals surface area contributed by atoms with Gasteiger partial charge < -0.3 is 15.0 Å². The molecule has 14 heavy (non-hydrogen) atoms. The Morgan fingerprint density at radius 2 is 2.36 bits per heavy atom. The van der Waals surface area contributed by atoms with Crippen LogP contribution >= 0.6 is 0 Å². The first-order valence-electron chi connectivity index (χ1n) is 4.94. The molecule has 1 rings (SSSR count). The molecule has 0 amide bonds. The predicted molar refractivity (Wildman–Crippen MR) is 55.8 cm³/mol. The Labute approximate surface area is 85.0 Å². The fourth-order valence-corrected chi connectivity index (χ4v) is 1.14. The zero-order valence-corrected chi connectivity index (χ0v) is 9.12. The summed E-state index contributed by atoms with van der Waals surface area (Å²) in [6.07, 6.45) is 4.44. The van der Waals surface area contributed by atoms with Gasteiger partial charge in [0.1, 0.15) is 5.82 Å². The first kappa shape index (κ1) is 11.2.